The minimum Gasteiger partial charge on any atom is -0.355 e. The second-order valence-electron chi connectivity index (χ2n) is 6.16. The van der Waals surface area contributed by atoms with Gasteiger partial charge in [0.1, 0.15) is 0 Å². The van der Waals surface area contributed by atoms with Gasteiger partial charge in [0.15, 0.2) is 5.79 Å². The summed E-state index contributed by atoms with van der Waals surface area (Å²) in [5.74, 6) is -1.37. The number of rotatable bonds is 2. The third kappa shape index (κ3) is 2.81. The molecule has 6 nitrogen and oxygen atoms in total. The van der Waals surface area contributed by atoms with Gasteiger partial charge in [-0.15, -0.1) is 0 Å². The Balaban J connectivity index is 1.86. The van der Waals surface area contributed by atoms with Crippen LogP contribution < -0.4 is 4.18 Å². The highest BCUT2D eigenvalue weighted by atomic mass is 32.2. The molecule has 1 spiro atoms. The number of ether oxygens (including phenoxy) is 2. The van der Waals surface area contributed by atoms with E-state index >= 15 is 0 Å². The van der Waals surface area contributed by atoms with Crippen molar-refractivity contribution < 1.29 is 35.2 Å². The van der Waals surface area contributed by atoms with Gasteiger partial charge in [0.05, 0.1) is 18.7 Å². The first-order valence-electron chi connectivity index (χ1n) is 7.90. The van der Waals surface area contributed by atoms with Crippen molar-refractivity contribution in [2.24, 2.45) is 0 Å². The summed E-state index contributed by atoms with van der Waals surface area (Å²) in [6.45, 7) is 0.869. The van der Waals surface area contributed by atoms with E-state index in [0.717, 1.165) is 0 Å². The lowest BCUT2D eigenvalue weighted by molar-refractivity contribution is -0.163. The first kappa shape index (κ1) is 17.5. The lowest BCUT2D eigenvalue weighted by Gasteiger charge is -2.33. The molecule has 0 atom stereocenters. The van der Waals surface area contributed by atoms with E-state index in [4.69, 9.17) is 9.47 Å². The fraction of sp³-hybridized carbons (Fsp3) is 0.438. The maximum absolute atomic E-state index is 12.7. The van der Waals surface area contributed by atoms with Crippen molar-refractivity contribution in [1.82, 2.24) is 4.98 Å². The largest absolute Gasteiger partial charge is 0.534 e. The predicted octanol–water partition coefficient (Wildman–Crippen LogP) is 2.70. The molecule has 0 bridgehead atoms. The Morgan fingerprint density at radius 2 is 1.81 bits per heavy atom. The molecule has 10 heteroatoms. The molecule has 2 heterocycles. The zero-order valence-corrected chi connectivity index (χ0v) is 14.2. The van der Waals surface area contributed by atoms with E-state index in [2.05, 4.69) is 9.17 Å². The summed E-state index contributed by atoms with van der Waals surface area (Å²) in [6.07, 6.45) is 0.895. The van der Waals surface area contributed by atoms with Crippen LogP contribution >= 0.6 is 0 Å². The first-order valence-corrected chi connectivity index (χ1v) is 9.31. The van der Waals surface area contributed by atoms with Gasteiger partial charge < -0.3 is 13.7 Å². The third-order valence-electron chi connectivity index (χ3n) is 4.56. The van der Waals surface area contributed by atoms with Crippen LogP contribution in [0, 0.1) is 0 Å². The van der Waals surface area contributed by atoms with Crippen molar-refractivity contribution in [1.29, 1.82) is 0 Å². The summed E-state index contributed by atoms with van der Waals surface area (Å²) >= 11 is 0. The maximum Gasteiger partial charge on any atom is 0.534 e. The molecule has 4 rings (SSSR count). The number of pyridine rings is 1. The Morgan fingerprint density at radius 3 is 2.50 bits per heavy atom. The van der Waals surface area contributed by atoms with Crippen LogP contribution in [0.4, 0.5) is 13.2 Å². The van der Waals surface area contributed by atoms with Gasteiger partial charge in [-0.05, 0) is 18.1 Å². The van der Waals surface area contributed by atoms with Crippen molar-refractivity contribution in [2.75, 3.05) is 13.2 Å². The predicted molar refractivity (Wildman–Crippen MR) is 84.0 cm³/mol. The second-order valence-corrected chi connectivity index (χ2v) is 7.70. The molecule has 1 fully saturated rings. The molecule has 0 saturated carbocycles. The number of alkyl halides is 3. The third-order valence-corrected chi connectivity index (χ3v) is 5.51. The van der Waals surface area contributed by atoms with Gasteiger partial charge in [-0.2, -0.15) is 21.6 Å². The molecule has 26 heavy (non-hydrogen) atoms. The van der Waals surface area contributed by atoms with E-state index in [1.807, 2.05) is 0 Å². The van der Waals surface area contributed by atoms with Crippen LogP contribution in [0.1, 0.15) is 17.5 Å². The normalized spacial score (nSPS) is 19.7. The maximum atomic E-state index is 12.7. The van der Waals surface area contributed by atoms with Crippen LogP contribution in [0.15, 0.2) is 24.3 Å². The molecule has 0 N–H and O–H groups in total. The smallest absolute Gasteiger partial charge is 0.355 e. The van der Waals surface area contributed by atoms with E-state index in [-0.39, 0.29) is 12.8 Å². The fourth-order valence-corrected chi connectivity index (χ4v) is 3.83. The summed E-state index contributed by atoms with van der Waals surface area (Å²) in [5.41, 5.74) is -4.22. The molecule has 2 aliphatic rings. The van der Waals surface area contributed by atoms with Crippen LogP contribution in [0.5, 0.6) is 5.88 Å². The van der Waals surface area contributed by atoms with Crippen LogP contribution in [-0.4, -0.2) is 37.9 Å². The number of hydrogen-bond donors (Lipinski definition) is 0. The van der Waals surface area contributed by atoms with Crippen LogP contribution in [0.2, 0.25) is 0 Å². The zero-order chi connectivity index (χ0) is 18.6. The standard InChI is InChI=1S/C16H14F3NO5S/c17-16(18,19)26(21,22)25-14-11-5-6-15(23-7-8-24-15)9-12(11)10-3-1-2-4-13(10)20-14/h1-4H,5-9H2. The van der Waals surface area contributed by atoms with Crippen molar-refractivity contribution in [3.8, 4) is 5.88 Å². The number of fused-ring (bicyclic) bond motifs is 3. The first-order chi connectivity index (χ1) is 12.2. The Morgan fingerprint density at radius 1 is 1.12 bits per heavy atom. The molecule has 1 aromatic heterocycles. The van der Waals surface area contributed by atoms with E-state index in [1.54, 1.807) is 24.3 Å². The molecule has 0 unspecified atom stereocenters. The number of aromatic nitrogens is 1. The second kappa shape index (κ2) is 5.80. The molecule has 2 aromatic rings. The van der Waals surface area contributed by atoms with Gasteiger partial charge in [0.2, 0.25) is 5.88 Å². The van der Waals surface area contributed by atoms with Crippen molar-refractivity contribution in [3.05, 3.63) is 35.4 Å². The minimum absolute atomic E-state index is 0.232. The van der Waals surface area contributed by atoms with E-state index in [1.165, 1.54) is 0 Å². The zero-order valence-electron chi connectivity index (χ0n) is 13.4. The fourth-order valence-electron chi connectivity index (χ4n) is 3.39. The molecule has 1 aliphatic heterocycles. The van der Waals surface area contributed by atoms with Gasteiger partial charge in [-0.25, -0.2) is 4.98 Å². The minimum atomic E-state index is -5.81. The molecule has 140 valence electrons. The van der Waals surface area contributed by atoms with Crippen molar-refractivity contribution in [2.45, 2.75) is 30.6 Å². The lowest BCUT2D eigenvalue weighted by atomic mass is 9.85. The number of nitrogens with zero attached hydrogens (tertiary/aromatic N) is 1. The summed E-state index contributed by atoms with van der Waals surface area (Å²) in [7, 11) is -5.81. The Labute approximate surface area is 147 Å². The van der Waals surface area contributed by atoms with Crippen LogP contribution in [0.25, 0.3) is 10.9 Å². The Kier molecular flexibility index (Phi) is 3.90. The number of hydrogen-bond acceptors (Lipinski definition) is 6. The van der Waals surface area contributed by atoms with Gasteiger partial charge in [-0.1, -0.05) is 18.2 Å². The summed E-state index contributed by atoms with van der Waals surface area (Å²) in [6, 6.07) is 6.79. The molecule has 1 saturated heterocycles. The molecule has 0 radical (unpaired) electrons. The van der Waals surface area contributed by atoms with Gasteiger partial charge in [0, 0.05) is 23.8 Å². The Bertz CT molecular complexity index is 968. The molecule has 1 aromatic carbocycles. The highest BCUT2D eigenvalue weighted by Crippen LogP contribution is 2.42. The molecular formula is C16H14F3NO5S. The molecular weight excluding hydrogens is 375 g/mol. The monoisotopic (exact) mass is 389 g/mol. The average Bonchev–Trinajstić information content (AvgIpc) is 3.01. The number of halogens is 3. The SMILES string of the molecule is O=S(=O)(Oc1nc2ccccc2c2c1CCC1(C2)OCCO1)C(F)(F)F. The number of benzene rings is 1. The highest BCUT2D eigenvalue weighted by Gasteiger charge is 2.50. The summed E-state index contributed by atoms with van der Waals surface area (Å²) < 4.78 is 76.9. The van der Waals surface area contributed by atoms with Gasteiger partial charge in [0.25, 0.3) is 0 Å². The molecule has 1 aliphatic carbocycles. The van der Waals surface area contributed by atoms with E-state index in [0.29, 0.717) is 41.7 Å². The quantitative estimate of drug-likeness (QED) is 0.581. The van der Waals surface area contributed by atoms with Gasteiger partial charge >= 0.3 is 15.6 Å². The Hall–Kier alpha value is -1.91. The van der Waals surface area contributed by atoms with Gasteiger partial charge in [-0.3, -0.25) is 0 Å². The van der Waals surface area contributed by atoms with Crippen LogP contribution in [0.3, 0.4) is 0 Å². The van der Waals surface area contributed by atoms with Crippen molar-refractivity contribution in [3.63, 3.8) is 0 Å². The lowest BCUT2D eigenvalue weighted by Crippen LogP contribution is -2.37. The summed E-state index contributed by atoms with van der Waals surface area (Å²) in [4.78, 5) is 4.02. The van der Waals surface area contributed by atoms with E-state index < -0.39 is 27.3 Å². The summed E-state index contributed by atoms with van der Waals surface area (Å²) in [5, 5.41) is 0.706. The topological polar surface area (TPSA) is 74.7 Å². The van der Waals surface area contributed by atoms with Crippen LogP contribution in [-0.2, 0) is 32.4 Å². The van der Waals surface area contributed by atoms with Crippen molar-refractivity contribution >= 4 is 21.0 Å². The highest BCUT2D eigenvalue weighted by molar-refractivity contribution is 7.87. The molecule has 0 amide bonds. The average molecular weight is 389 g/mol. The van der Waals surface area contributed by atoms with E-state index in [9.17, 15) is 21.6 Å². The number of para-hydroxylation sites is 1.